The fraction of sp³-hybridized carbons (Fsp3) is 0.471. The van der Waals surface area contributed by atoms with E-state index in [9.17, 15) is 4.79 Å². The lowest BCUT2D eigenvalue weighted by molar-refractivity contribution is 0.0946. The van der Waals surface area contributed by atoms with Crippen LogP contribution in [0.2, 0.25) is 0 Å². The Hall–Kier alpha value is -2.41. The van der Waals surface area contributed by atoms with E-state index in [1.807, 2.05) is 32.0 Å². The second-order valence-electron chi connectivity index (χ2n) is 6.50. The van der Waals surface area contributed by atoms with Crippen molar-refractivity contribution in [3.05, 3.63) is 41.6 Å². The molecule has 3 heterocycles. The molecule has 0 saturated carbocycles. The summed E-state index contributed by atoms with van der Waals surface area (Å²) in [5.41, 5.74) is 7.25. The second-order valence-corrected chi connectivity index (χ2v) is 6.50. The fourth-order valence-corrected chi connectivity index (χ4v) is 2.75. The van der Waals surface area contributed by atoms with E-state index < -0.39 is 0 Å². The molecule has 1 saturated heterocycles. The molecule has 1 aliphatic rings. The van der Waals surface area contributed by atoms with E-state index in [2.05, 4.69) is 25.2 Å². The predicted molar refractivity (Wildman–Crippen MR) is 92.9 cm³/mol. The molecule has 128 valence electrons. The SMILES string of the molecule is CC(C)c1ncc(C(=O)NCc2cccc(N3CCC(N)C3)n2)[nH]1. The lowest BCUT2D eigenvalue weighted by atomic mass is 10.2. The summed E-state index contributed by atoms with van der Waals surface area (Å²) in [5, 5.41) is 2.88. The number of nitrogens with one attached hydrogen (secondary N) is 2. The molecule has 0 aliphatic carbocycles. The number of rotatable bonds is 5. The van der Waals surface area contributed by atoms with E-state index in [0.29, 0.717) is 12.2 Å². The van der Waals surface area contributed by atoms with Crippen molar-refractivity contribution in [3.63, 3.8) is 0 Å². The number of anilines is 1. The molecule has 0 aromatic carbocycles. The lowest BCUT2D eigenvalue weighted by Crippen LogP contribution is -2.27. The van der Waals surface area contributed by atoms with Gasteiger partial charge in [0.25, 0.3) is 5.91 Å². The highest BCUT2D eigenvalue weighted by Crippen LogP contribution is 2.17. The summed E-state index contributed by atoms with van der Waals surface area (Å²) in [6.07, 6.45) is 2.56. The molecule has 1 fully saturated rings. The van der Waals surface area contributed by atoms with Gasteiger partial charge in [-0.2, -0.15) is 0 Å². The Kier molecular flexibility index (Phi) is 4.80. The van der Waals surface area contributed by atoms with Crippen molar-refractivity contribution in [1.29, 1.82) is 0 Å². The number of carbonyl (C=O) groups excluding carboxylic acids is 1. The van der Waals surface area contributed by atoms with Gasteiger partial charge in [0, 0.05) is 25.0 Å². The standard InChI is InChI=1S/C17H24N6O/c1-11(2)16-19-9-14(22-16)17(24)20-8-13-4-3-5-15(21-13)23-7-6-12(18)10-23/h3-5,9,11-12H,6-8,10,18H2,1-2H3,(H,19,22)(H,20,24). The normalized spacial score (nSPS) is 17.5. The number of aromatic amines is 1. The molecular weight excluding hydrogens is 304 g/mol. The molecule has 0 spiro atoms. The number of carbonyl (C=O) groups is 1. The Morgan fingerprint density at radius 3 is 3.00 bits per heavy atom. The van der Waals surface area contributed by atoms with Crippen molar-refractivity contribution in [2.24, 2.45) is 5.73 Å². The highest BCUT2D eigenvalue weighted by Gasteiger charge is 2.20. The van der Waals surface area contributed by atoms with Gasteiger partial charge in [-0.3, -0.25) is 4.79 Å². The zero-order valence-corrected chi connectivity index (χ0v) is 14.1. The van der Waals surface area contributed by atoms with Gasteiger partial charge >= 0.3 is 0 Å². The van der Waals surface area contributed by atoms with Crippen molar-refractivity contribution in [1.82, 2.24) is 20.3 Å². The molecule has 0 radical (unpaired) electrons. The van der Waals surface area contributed by atoms with Gasteiger partial charge in [0.1, 0.15) is 17.3 Å². The average Bonchev–Trinajstić information content (AvgIpc) is 3.22. The first-order valence-electron chi connectivity index (χ1n) is 8.32. The smallest absolute Gasteiger partial charge is 0.269 e. The van der Waals surface area contributed by atoms with Crippen LogP contribution in [0.15, 0.2) is 24.4 Å². The summed E-state index contributed by atoms with van der Waals surface area (Å²) < 4.78 is 0. The highest BCUT2D eigenvalue weighted by molar-refractivity contribution is 5.92. The molecule has 3 rings (SSSR count). The molecule has 1 amide bonds. The Morgan fingerprint density at radius 2 is 2.33 bits per heavy atom. The summed E-state index contributed by atoms with van der Waals surface area (Å²) in [6.45, 7) is 6.19. The van der Waals surface area contributed by atoms with Crippen molar-refractivity contribution in [2.45, 2.75) is 38.8 Å². The average molecular weight is 328 g/mol. The van der Waals surface area contributed by atoms with Gasteiger partial charge in [0.15, 0.2) is 0 Å². The molecule has 0 bridgehead atoms. The van der Waals surface area contributed by atoms with Gasteiger partial charge < -0.3 is 20.9 Å². The third-order valence-electron chi connectivity index (χ3n) is 4.16. The number of pyridine rings is 1. The molecule has 7 nitrogen and oxygen atoms in total. The summed E-state index contributed by atoms with van der Waals surface area (Å²) in [5.74, 6) is 1.81. The molecule has 7 heteroatoms. The largest absolute Gasteiger partial charge is 0.355 e. The minimum absolute atomic E-state index is 0.176. The summed E-state index contributed by atoms with van der Waals surface area (Å²) in [4.78, 5) is 26.3. The number of hydrogen-bond acceptors (Lipinski definition) is 5. The molecule has 2 aromatic heterocycles. The molecule has 1 atom stereocenters. The fourth-order valence-electron chi connectivity index (χ4n) is 2.75. The van der Waals surface area contributed by atoms with Crippen molar-refractivity contribution in [3.8, 4) is 0 Å². The molecular formula is C17H24N6O. The van der Waals surface area contributed by atoms with E-state index in [4.69, 9.17) is 5.73 Å². The number of hydrogen-bond donors (Lipinski definition) is 3. The zero-order valence-electron chi connectivity index (χ0n) is 14.1. The van der Waals surface area contributed by atoms with Crippen molar-refractivity contribution >= 4 is 11.7 Å². The molecule has 4 N–H and O–H groups in total. The first-order valence-corrected chi connectivity index (χ1v) is 8.32. The van der Waals surface area contributed by atoms with Gasteiger partial charge in [-0.25, -0.2) is 9.97 Å². The molecule has 1 unspecified atom stereocenters. The molecule has 1 aliphatic heterocycles. The van der Waals surface area contributed by atoms with Crippen LogP contribution in [0.25, 0.3) is 0 Å². The minimum atomic E-state index is -0.176. The Labute approximate surface area is 141 Å². The number of aromatic nitrogens is 3. The van der Waals surface area contributed by atoms with Gasteiger partial charge in [-0.15, -0.1) is 0 Å². The monoisotopic (exact) mass is 328 g/mol. The maximum absolute atomic E-state index is 12.2. The second kappa shape index (κ2) is 7.00. The molecule has 24 heavy (non-hydrogen) atoms. The van der Waals surface area contributed by atoms with Crippen LogP contribution in [-0.4, -0.2) is 40.0 Å². The van der Waals surface area contributed by atoms with Crippen molar-refractivity contribution in [2.75, 3.05) is 18.0 Å². The Balaban J connectivity index is 1.60. The Morgan fingerprint density at radius 1 is 1.50 bits per heavy atom. The van der Waals surface area contributed by atoms with Crippen LogP contribution in [-0.2, 0) is 6.54 Å². The number of H-pyrrole nitrogens is 1. The van der Waals surface area contributed by atoms with Crippen LogP contribution in [0.1, 0.15) is 48.2 Å². The van der Waals surface area contributed by atoms with Crippen LogP contribution in [0.5, 0.6) is 0 Å². The van der Waals surface area contributed by atoms with Gasteiger partial charge in [0.2, 0.25) is 0 Å². The van der Waals surface area contributed by atoms with Gasteiger partial charge in [-0.1, -0.05) is 19.9 Å². The first kappa shape index (κ1) is 16.4. The summed E-state index contributed by atoms with van der Waals surface area (Å²) in [6, 6.07) is 6.06. The summed E-state index contributed by atoms with van der Waals surface area (Å²) >= 11 is 0. The lowest BCUT2D eigenvalue weighted by Gasteiger charge is -2.17. The quantitative estimate of drug-likeness (QED) is 0.770. The highest BCUT2D eigenvalue weighted by atomic mass is 16.1. The third-order valence-corrected chi connectivity index (χ3v) is 4.16. The van der Waals surface area contributed by atoms with Crippen LogP contribution < -0.4 is 16.0 Å². The van der Waals surface area contributed by atoms with Crippen LogP contribution in [0.4, 0.5) is 5.82 Å². The van der Waals surface area contributed by atoms with Gasteiger partial charge in [0.05, 0.1) is 18.4 Å². The molecule has 2 aromatic rings. The maximum Gasteiger partial charge on any atom is 0.269 e. The predicted octanol–water partition coefficient (Wildman–Crippen LogP) is 1.40. The zero-order chi connectivity index (χ0) is 17.1. The van der Waals surface area contributed by atoms with E-state index >= 15 is 0 Å². The number of amides is 1. The van der Waals surface area contributed by atoms with Crippen LogP contribution in [0, 0.1) is 0 Å². The topological polar surface area (TPSA) is 99.9 Å². The third kappa shape index (κ3) is 3.73. The number of nitrogens with zero attached hydrogens (tertiary/aromatic N) is 3. The van der Waals surface area contributed by atoms with E-state index in [0.717, 1.165) is 36.8 Å². The maximum atomic E-state index is 12.2. The number of imidazole rings is 1. The van der Waals surface area contributed by atoms with Crippen molar-refractivity contribution < 1.29 is 4.79 Å². The number of nitrogens with two attached hydrogens (primary N) is 1. The van der Waals surface area contributed by atoms with E-state index in [1.54, 1.807) is 6.20 Å². The van der Waals surface area contributed by atoms with Crippen LogP contribution >= 0.6 is 0 Å². The van der Waals surface area contributed by atoms with Crippen LogP contribution in [0.3, 0.4) is 0 Å². The van der Waals surface area contributed by atoms with Gasteiger partial charge in [-0.05, 0) is 18.6 Å². The first-order chi connectivity index (χ1) is 11.5. The van der Waals surface area contributed by atoms with E-state index in [1.165, 1.54) is 0 Å². The minimum Gasteiger partial charge on any atom is -0.355 e. The Bertz CT molecular complexity index is 711. The summed E-state index contributed by atoms with van der Waals surface area (Å²) in [7, 11) is 0. The van der Waals surface area contributed by atoms with E-state index in [-0.39, 0.29) is 17.9 Å².